The summed E-state index contributed by atoms with van der Waals surface area (Å²) in [7, 11) is 0. The fourth-order valence-corrected chi connectivity index (χ4v) is 4.32. The molecular weight excluding hydrogens is 431 g/mol. The highest BCUT2D eigenvalue weighted by Gasteiger charge is 2.39. The zero-order valence-electron chi connectivity index (χ0n) is 17.2. The number of fused-ring (bicyclic) bond motifs is 2. The number of hydrogen-bond acceptors (Lipinski definition) is 2. The topological polar surface area (TPSA) is 65.2 Å². The molecule has 2 N–H and O–H groups in total. The van der Waals surface area contributed by atoms with Crippen LogP contribution in [-0.2, 0) is 11.0 Å². The summed E-state index contributed by atoms with van der Waals surface area (Å²) in [6, 6.07) is 18.7. The van der Waals surface area contributed by atoms with Crippen molar-refractivity contribution in [2.45, 2.75) is 12.2 Å². The van der Waals surface area contributed by atoms with E-state index in [1.807, 2.05) is 42.6 Å². The lowest BCUT2D eigenvalue weighted by atomic mass is 9.97. The number of carbonyl (C=O) groups excluding carboxylic acids is 2. The Hall–Kier alpha value is -4.07. The van der Waals surface area contributed by atoms with Gasteiger partial charge >= 0.3 is 6.18 Å². The molecule has 5 nitrogen and oxygen atoms in total. The third-order valence-electron chi connectivity index (χ3n) is 5.76. The Balaban J connectivity index is 1.47. The molecule has 1 atom stereocenters. The van der Waals surface area contributed by atoms with E-state index in [0.717, 1.165) is 34.2 Å². The van der Waals surface area contributed by atoms with Gasteiger partial charge in [0.25, 0.3) is 5.91 Å². The standard InChI is InChI=1S/C25H18F3N3O2/c26-25(27,28)15-6-5-7-16(12-15)30-22(32)14-31-23(18-9-1-2-10-19(18)24(31)33)20-13-29-21-11-4-3-8-17(20)21/h1-13,23,29H,14H2,(H,30,32). The quantitative estimate of drug-likeness (QED) is 0.440. The first kappa shape index (κ1) is 20.8. The van der Waals surface area contributed by atoms with Gasteiger partial charge in [0, 0.05) is 33.9 Å². The maximum atomic E-state index is 13.2. The average molecular weight is 449 g/mol. The van der Waals surface area contributed by atoms with Crippen LogP contribution in [0.2, 0.25) is 0 Å². The Labute approximate surface area is 186 Å². The highest BCUT2D eigenvalue weighted by atomic mass is 19.4. The monoisotopic (exact) mass is 449 g/mol. The van der Waals surface area contributed by atoms with E-state index in [4.69, 9.17) is 0 Å². The van der Waals surface area contributed by atoms with Gasteiger partial charge in [-0.15, -0.1) is 0 Å². The van der Waals surface area contributed by atoms with Crippen molar-refractivity contribution >= 4 is 28.4 Å². The number of alkyl halides is 3. The number of carbonyl (C=O) groups is 2. The van der Waals surface area contributed by atoms with E-state index in [2.05, 4.69) is 10.3 Å². The van der Waals surface area contributed by atoms with E-state index < -0.39 is 23.7 Å². The van der Waals surface area contributed by atoms with E-state index in [1.54, 1.807) is 12.1 Å². The number of para-hydroxylation sites is 1. The van der Waals surface area contributed by atoms with Crippen molar-refractivity contribution in [1.29, 1.82) is 0 Å². The molecule has 0 saturated carbocycles. The summed E-state index contributed by atoms with van der Waals surface area (Å²) in [5, 5.41) is 3.42. The predicted octanol–water partition coefficient (Wildman–Crippen LogP) is 5.37. The van der Waals surface area contributed by atoms with Crippen molar-refractivity contribution in [2.24, 2.45) is 0 Å². The third-order valence-corrected chi connectivity index (χ3v) is 5.76. The number of H-pyrrole nitrogens is 1. The molecule has 0 radical (unpaired) electrons. The molecular formula is C25H18F3N3O2. The zero-order valence-corrected chi connectivity index (χ0v) is 17.2. The van der Waals surface area contributed by atoms with Crippen molar-refractivity contribution in [3.05, 3.63) is 101 Å². The van der Waals surface area contributed by atoms with Crippen LogP contribution in [0.25, 0.3) is 10.9 Å². The molecule has 2 amide bonds. The highest BCUT2D eigenvalue weighted by molar-refractivity contribution is 6.04. The second-order valence-electron chi connectivity index (χ2n) is 7.84. The van der Waals surface area contributed by atoms with Crippen LogP contribution in [0.15, 0.2) is 79.0 Å². The lowest BCUT2D eigenvalue weighted by Gasteiger charge is -2.25. The molecule has 0 spiro atoms. The average Bonchev–Trinajstić information content (AvgIpc) is 3.33. The summed E-state index contributed by atoms with van der Waals surface area (Å²) >= 11 is 0. The second kappa shape index (κ2) is 7.81. The van der Waals surface area contributed by atoms with Crippen LogP contribution < -0.4 is 5.32 Å². The Morgan fingerprint density at radius 2 is 1.73 bits per heavy atom. The Bertz CT molecular complexity index is 1380. The molecule has 1 aromatic heterocycles. The first-order valence-corrected chi connectivity index (χ1v) is 10.3. The van der Waals surface area contributed by atoms with E-state index in [9.17, 15) is 22.8 Å². The van der Waals surface area contributed by atoms with Crippen LogP contribution in [0.1, 0.15) is 33.1 Å². The van der Waals surface area contributed by atoms with E-state index in [1.165, 1.54) is 17.0 Å². The second-order valence-corrected chi connectivity index (χ2v) is 7.84. The summed E-state index contributed by atoms with van der Waals surface area (Å²) in [5.41, 5.74) is 2.18. The first-order valence-electron chi connectivity index (χ1n) is 10.3. The minimum absolute atomic E-state index is 0.0163. The molecule has 33 heavy (non-hydrogen) atoms. The van der Waals surface area contributed by atoms with Gasteiger partial charge in [-0.2, -0.15) is 13.2 Å². The number of amides is 2. The Morgan fingerprint density at radius 3 is 2.55 bits per heavy atom. The van der Waals surface area contributed by atoms with Gasteiger partial charge in [-0.1, -0.05) is 42.5 Å². The molecule has 1 aliphatic heterocycles. The predicted molar refractivity (Wildman–Crippen MR) is 118 cm³/mol. The van der Waals surface area contributed by atoms with Crippen LogP contribution in [0.5, 0.6) is 0 Å². The van der Waals surface area contributed by atoms with Gasteiger partial charge < -0.3 is 15.2 Å². The van der Waals surface area contributed by atoms with Crippen molar-refractivity contribution in [2.75, 3.05) is 11.9 Å². The number of benzene rings is 3. The maximum Gasteiger partial charge on any atom is 0.416 e. The molecule has 5 rings (SSSR count). The number of aromatic amines is 1. The van der Waals surface area contributed by atoms with Crippen LogP contribution in [0.4, 0.5) is 18.9 Å². The molecule has 3 aromatic carbocycles. The van der Waals surface area contributed by atoms with Crippen LogP contribution in [0.3, 0.4) is 0 Å². The van der Waals surface area contributed by atoms with E-state index in [-0.39, 0.29) is 18.1 Å². The number of nitrogens with zero attached hydrogens (tertiary/aromatic N) is 1. The van der Waals surface area contributed by atoms with Gasteiger partial charge in [-0.25, -0.2) is 0 Å². The van der Waals surface area contributed by atoms with Crippen molar-refractivity contribution in [1.82, 2.24) is 9.88 Å². The van der Waals surface area contributed by atoms with Crippen LogP contribution in [-0.4, -0.2) is 28.2 Å². The maximum absolute atomic E-state index is 13.2. The smallest absolute Gasteiger partial charge is 0.361 e. The summed E-state index contributed by atoms with van der Waals surface area (Å²) in [6.45, 7) is -0.312. The molecule has 0 bridgehead atoms. The van der Waals surface area contributed by atoms with Gasteiger partial charge in [0.15, 0.2) is 0 Å². The number of halogens is 3. The van der Waals surface area contributed by atoms with Gasteiger partial charge in [-0.05, 0) is 35.9 Å². The molecule has 0 saturated heterocycles. The normalized spacial score (nSPS) is 15.7. The zero-order chi connectivity index (χ0) is 23.2. The molecule has 2 heterocycles. The number of aromatic nitrogens is 1. The summed E-state index contributed by atoms with van der Waals surface area (Å²) in [6.07, 6.45) is -2.70. The third kappa shape index (κ3) is 3.73. The van der Waals surface area contributed by atoms with Crippen LogP contribution in [0, 0.1) is 0 Å². The van der Waals surface area contributed by atoms with Crippen molar-refractivity contribution in [3.63, 3.8) is 0 Å². The molecule has 1 aliphatic rings. The minimum atomic E-state index is -4.52. The summed E-state index contributed by atoms with van der Waals surface area (Å²) in [4.78, 5) is 30.7. The summed E-state index contributed by atoms with van der Waals surface area (Å²) < 4.78 is 39.0. The number of anilines is 1. The molecule has 4 aromatic rings. The fourth-order valence-electron chi connectivity index (χ4n) is 4.32. The number of hydrogen-bond donors (Lipinski definition) is 2. The lowest BCUT2D eigenvalue weighted by Crippen LogP contribution is -2.36. The molecule has 166 valence electrons. The fraction of sp³-hybridized carbons (Fsp3) is 0.120. The first-order chi connectivity index (χ1) is 15.8. The molecule has 8 heteroatoms. The van der Waals surface area contributed by atoms with Gasteiger partial charge in [0.2, 0.25) is 5.91 Å². The molecule has 0 fully saturated rings. The summed E-state index contributed by atoms with van der Waals surface area (Å²) in [5.74, 6) is -0.889. The van der Waals surface area contributed by atoms with Gasteiger partial charge in [0.05, 0.1) is 11.6 Å². The number of nitrogens with one attached hydrogen (secondary N) is 2. The molecule has 0 aliphatic carbocycles. The van der Waals surface area contributed by atoms with Gasteiger partial charge in [0.1, 0.15) is 6.54 Å². The SMILES string of the molecule is O=C(CN1C(=O)c2ccccc2C1c1c[nH]c2ccccc12)Nc1cccc(C(F)(F)F)c1. The largest absolute Gasteiger partial charge is 0.416 e. The van der Waals surface area contributed by atoms with E-state index >= 15 is 0 Å². The van der Waals surface area contributed by atoms with Crippen molar-refractivity contribution < 1.29 is 22.8 Å². The van der Waals surface area contributed by atoms with Crippen LogP contribution >= 0.6 is 0 Å². The molecule has 1 unspecified atom stereocenters. The highest BCUT2D eigenvalue weighted by Crippen LogP contribution is 2.41. The Morgan fingerprint density at radius 1 is 0.970 bits per heavy atom. The van der Waals surface area contributed by atoms with Gasteiger partial charge in [-0.3, -0.25) is 9.59 Å². The van der Waals surface area contributed by atoms with E-state index in [0.29, 0.717) is 5.56 Å². The Kier molecular flexibility index (Phi) is 4.92. The van der Waals surface area contributed by atoms with Crippen molar-refractivity contribution in [3.8, 4) is 0 Å². The lowest BCUT2D eigenvalue weighted by molar-refractivity contribution is -0.137. The minimum Gasteiger partial charge on any atom is -0.361 e. The number of rotatable bonds is 4.